The minimum Gasteiger partial charge on any atom is -0.323 e. The highest BCUT2D eigenvalue weighted by Gasteiger charge is 2.01. The van der Waals surface area contributed by atoms with E-state index in [-0.39, 0.29) is 11.6 Å². The lowest BCUT2D eigenvalue weighted by Gasteiger charge is -2.03. The Morgan fingerprint density at radius 3 is 2.82 bits per heavy atom. The Kier molecular flexibility index (Phi) is 2.05. The molecule has 1 atom stereocenters. The van der Waals surface area contributed by atoms with Crippen LogP contribution in [0.4, 0.5) is 0 Å². The maximum atomic E-state index is 10.9. The third-order valence-electron chi connectivity index (χ3n) is 1.35. The zero-order valence-corrected chi connectivity index (χ0v) is 6.59. The minimum absolute atomic E-state index is 0.148. The van der Waals surface area contributed by atoms with Crippen LogP contribution in [0, 0.1) is 6.92 Å². The molecule has 3 N–H and O–H groups in total. The molecule has 0 saturated heterocycles. The van der Waals surface area contributed by atoms with Gasteiger partial charge in [0.1, 0.15) is 5.82 Å². The highest BCUT2D eigenvalue weighted by atomic mass is 16.1. The quantitative estimate of drug-likeness (QED) is 0.601. The summed E-state index contributed by atoms with van der Waals surface area (Å²) in [6, 6.07) is 1.23. The normalized spacial score (nSPS) is 13.0. The number of nitrogens with two attached hydrogens (primary N) is 1. The van der Waals surface area contributed by atoms with Crippen molar-refractivity contribution in [2.75, 3.05) is 0 Å². The van der Waals surface area contributed by atoms with Crippen molar-refractivity contribution in [3.63, 3.8) is 0 Å². The van der Waals surface area contributed by atoms with Gasteiger partial charge in [0.15, 0.2) is 0 Å². The fourth-order valence-corrected chi connectivity index (χ4v) is 0.836. The van der Waals surface area contributed by atoms with Crippen LogP contribution in [-0.2, 0) is 0 Å². The van der Waals surface area contributed by atoms with E-state index in [2.05, 4.69) is 9.97 Å². The number of aromatic nitrogens is 2. The molecule has 4 heteroatoms. The van der Waals surface area contributed by atoms with Crippen LogP contribution in [0.2, 0.25) is 0 Å². The zero-order chi connectivity index (χ0) is 8.43. The molecule has 4 nitrogen and oxygen atoms in total. The highest BCUT2D eigenvalue weighted by molar-refractivity contribution is 5.05. The van der Waals surface area contributed by atoms with Gasteiger partial charge in [-0.1, -0.05) is 0 Å². The van der Waals surface area contributed by atoms with Crippen LogP contribution in [0.3, 0.4) is 0 Å². The van der Waals surface area contributed by atoms with Gasteiger partial charge in [-0.2, -0.15) is 0 Å². The molecule has 1 aromatic rings. The molecule has 0 radical (unpaired) electrons. The molecule has 1 heterocycles. The third-order valence-corrected chi connectivity index (χ3v) is 1.35. The van der Waals surface area contributed by atoms with Gasteiger partial charge in [0, 0.05) is 12.1 Å². The van der Waals surface area contributed by atoms with E-state index in [1.54, 1.807) is 13.8 Å². The predicted octanol–water partition coefficient (Wildman–Crippen LogP) is 0.0980. The number of aromatic amines is 1. The van der Waals surface area contributed by atoms with Crippen molar-refractivity contribution >= 4 is 0 Å². The number of H-pyrrole nitrogens is 1. The van der Waals surface area contributed by atoms with E-state index in [4.69, 9.17) is 5.73 Å². The molecule has 1 rings (SSSR count). The van der Waals surface area contributed by atoms with Crippen LogP contribution >= 0.6 is 0 Å². The van der Waals surface area contributed by atoms with Gasteiger partial charge < -0.3 is 10.7 Å². The average molecular weight is 153 g/mol. The Balaban J connectivity index is 3.19. The third kappa shape index (κ3) is 1.88. The number of hydrogen-bond donors (Lipinski definition) is 2. The van der Waals surface area contributed by atoms with Crippen molar-refractivity contribution in [2.45, 2.75) is 19.9 Å². The number of hydrogen-bond acceptors (Lipinski definition) is 3. The Hall–Kier alpha value is -1.16. The minimum atomic E-state index is -0.184. The molecule has 0 aliphatic rings. The lowest BCUT2D eigenvalue weighted by molar-refractivity contribution is 0.760. The van der Waals surface area contributed by atoms with Crippen LogP contribution < -0.4 is 11.3 Å². The van der Waals surface area contributed by atoms with E-state index in [0.29, 0.717) is 11.5 Å². The smallest absolute Gasteiger partial charge is 0.251 e. The van der Waals surface area contributed by atoms with Gasteiger partial charge in [-0.25, -0.2) is 4.98 Å². The summed E-state index contributed by atoms with van der Waals surface area (Å²) in [6.45, 7) is 3.52. The second-order valence-electron chi connectivity index (χ2n) is 2.54. The van der Waals surface area contributed by atoms with E-state index in [1.165, 1.54) is 6.07 Å². The van der Waals surface area contributed by atoms with Crippen molar-refractivity contribution < 1.29 is 0 Å². The zero-order valence-electron chi connectivity index (χ0n) is 6.59. The molecular formula is C7H11N3O. The summed E-state index contributed by atoms with van der Waals surface area (Å²) in [5.74, 6) is 0.602. The molecule has 60 valence electrons. The van der Waals surface area contributed by atoms with E-state index in [0.717, 1.165) is 0 Å². The second-order valence-corrected chi connectivity index (χ2v) is 2.54. The fraction of sp³-hybridized carbons (Fsp3) is 0.429. The molecule has 0 unspecified atom stereocenters. The molecule has 0 amide bonds. The summed E-state index contributed by atoms with van der Waals surface area (Å²) in [7, 11) is 0. The monoisotopic (exact) mass is 153 g/mol. The molecule has 0 bridgehead atoms. The summed E-state index contributed by atoms with van der Waals surface area (Å²) in [5, 5.41) is 0. The Labute approximate surface area is 64.5 Å². The first-order chi connectivity index (χ1) is 5.09. The number of nitrogens with zero attached hydrogens (tertiary/aromatic N) is 1. The van der Waals surface area contributed by atoms with Gasteiger partial charge in [-0.15, -0.1) is 0 Å². The molecule has 1 aromatic heterocycles. The van der Waals surface area contributed by atoms with Crippen LogP contribution in [0.25, 0.3) is 0 Å². The first-order valence-electron chi connectivity index (χ1n) is 3.43. The molecule has 11 heavy (non-hydrogen) atoms. The van der Waals surface area contributed by atoms with E-state index >= 15 is 0 Å². The van der Waals surface area contributed by atoms with Crippen molar-refractivity contribution in [1.82, 2.24) is 9.97 Å². The average Bonchev–Trinajstić information content (AvgIpc) is 1.85. The van der Waals surface area contributed by atoms with Gasteiger partial charge in [0.05, 0.1) is 5.69 Å². The van der Waals surface area contributed by atoms with Gasteiger partial charge in [0.25, 0.3) is 5.56 Å². The predicted molar refractivity (Wildman–Crippen MR) is 42.2 cm³/mol. The van der Waals surface area contributed by atoms with Crippen molar-refractivity contribution in [3.8, 4) is 0 Å². The SMILES string of the molecule is Cc1nc([C@H](C)N)cc(=O)[nH]1. The molecule has 0 fully saturated rings. The number of aryl methyl sites for hydroxylation is 1. The first kappa shape index (κ1) is 7.94. The maximum Gasteiger partial charge on any atom is 0.251 e. The lowest BCUT2D eigenvalue weighted by atomic mass is 10.2. The van der Waals surface area contributed by atoms with E-state index in [9.17, 15) is 4.79 Å². The second kappa shape index (κ2) is 2.84. The molecule has 0 aromatic carbocycles. The molecule has 0 aliphatic carbocycles. The molecule has 0 aliphatic heterocycles. The Bertz CT molecular complexity index is 303. The molecule has 0 saturated carbocycles. The van der Waals surface area contributed by atoms with Crippen LogP contribution in [0.1, 0.15) is 24.5 Å². The first-order valence-corrected chi connectivity index (χ1v) is 3.43. The van der Waals surface area contributed by atoms with Crippen LogP contribution in [-0.4, -0.2) is 9.97 Å². The van der Waals surface area contributed by atoms with Crippen LogP contribution in [0.15, 0.2) is 10.9 Å². The van der Waals surface area contributed by atoms with Gasteiger partial charge in [0.2, 0.25) is 0 Å². The standard InChI is InChI=1S/C7H11N3O/c1-4(8)6-3-7(11)10-5(2)9-6/h3-4H,8H2,1-2H3,(H,9,10,11)/t4-/m0/s1. The summed E-state index contributed by atoms with van der Waals surface area (Å²) < 4.78 is 0. The maximum absolute atomic E-state index is 10.9. The fourth-order valence-electron chi connectivity index (χ4n) is 0.836. The van der Waals surface area contributed by atoms with Gasteiger partial charge in [-0.05, 0) is 13.8 Å². The topological polar surface area (TPSA) is 71.8 Å². The van der Waals surface area contributed by atoms with E-state index in [1.807, 2.05) is 0 Å². The highest BCUT2D eigenvalue weighted by Crippen LogP contribution is 2.01. The van der Waals surface area contributed by atoms with Gasteiger partial charge >= 0.3 is 0 Å². The largest absolute Gasteiger partial charge is 0.323 e. The summed E-state index contributed by atoms with van der Waals surface area (Å²) in [4.78, 5) is 17.5. The molecular weight excluding hydrogens is 142 g/mol. The number of rotatable bonds is 1. The van der Waals surface area contributed by atoms with Crippen molar-refractivity contribution in [2.24, 2.45) is 5.73 Å². The van der Waals surface area contributed by atoms with Crippen LogP contribution in [0.5, 0.6) is 0 Å². The van der Waals surface area contributed by atoms with E-state index < -0.39 is 0 Å². The summed E-state index contributed by atoms with van der Waals surface area (Å²) in [5.41, 5.74) is 6.02. The van der Waals surface area contributed by atoms with Crippen molar-refractivity contribution in [1.29, 1.82) is 0 Å². The van der Waals surface area contributed by atoms with Gasteiger partial charge in [-0.3, -0.25) is 4.79 Å². The number of nitrogens with one attached hydrogen (secondary N) is 1. The summed E-state index contributed by atoms with van der Waals surface area (Å²) in [6.07, 6.45) is 0. The lowest BCUT2D eigenvalue weighted by Crippen LogP contribution is -2.15. The Morgan fingerprint density at radius 2 is 2.36 bits per heavy atom. The summed E-state index contributed by atoms with van der Waals surface area (Å²) >= 11 is 0. The molecule has 0 spiro atoms. The Morgan fingerprint density at radius 1 is 1.73 bits per heavy atom. The van der Waals surface area contributed by atoms with Crippen molar-refractivity contribution in [3.05, 3.63) is 27.9 Å².